The maximum atomic E-state index is 13.9. The molecule has 3 aliphatic heterocycles. The van der Waals surface area contributed by atoms with E-state index in [-0.39, 0.29) is 17.6 Å². The van der Waals surface area contributed by atoms with Gasteiger partial charge in [-0.15, -0.1) is 0 Å². The summed E-state index contributed by atoms with van der Waals surface area (Å²) in [5.74, 6) is -0.582. The van der Waals surface area contributed by atoms with Crippen LogP contribution in [0, 0.1) is 5.82 Å². The molecule has 1 aromatic carbocycles. The molecule has 1 spiro atoms. The number of imide groups is 1. The molecule has 2 amide bonds. The molecular formula is C20H26FN3O3. The van der Waals surface area contributed by atoms with E-state index in [1.807, 2.05) is 16.7 Å². The Morgan fingerprint density at radius 1 is 1.26 bits per heavy atom. The third-order valence-corrected chi connectivity index (χ3v) is 6.08. The van der Waals surface area contributed by atoms with Crippen molar-refractivity contribution in [3.8, 4) is 0 Å². The third-order valence-electron chi connectivity index (χ3n) is 6.08. The molecule has 2 unspecified atom stereocenters. The van der Waals surface area contributed by atoms with Crippen molar-refractivity contribution in [2.75, 3.05) is 26.2 Å². The average Bonchev–Trinajstić information content (AvgIpc) is 3.00. The topological polar surface area (TPSA) is 64.1 Å². The minimum atomic E-state index is -0.769. The molecule has 0 saturated carbocycles. The first-order chi connectivity index (χ1) is 13.0. The number of rotatable bonds is 5. The molecule has 3 aliphatic rings. The van der Waals surface area contributed by atoms with Gasteiger partial charge in [0.15, 0.2) is 0 Å². The van der Waals surface area contributed by atoms with Gasteiger partial charge in [0.1, 0.15) is 11.4 Å². The fourth-order valence-corrected chi connectivity index (χ4v) is 4.69. The van der Waals surface area contributed by atoms with Gasteiger partial charge in [0.2, 0.25) is 5.91 Å². The zero-order chi connectivity index (χ0) is 19.2. The minimum Gasteiger partial charge on any atom is -0.392 e. The monoisotopic (exact) mass is 375 g/mol. The van der Waals surface area contributed by atoms with Crippen molar-refractivity contribution in [2.45, 2.75) is 50.4 Å². The molecule has 3 heterocycles. The zero-order valence-electron chi connectivity index (χ0n) is 15.6. The normalized spacial score (nSPS) is 27.9. The van der Waals surface area contributed by atoms with E-state index >= 15 is 0 Å². The van der Waals surface area contributed by atoms with Crippen molar-refractivity contribution in [1.29, 1.82) is 0 Å². The fourth-order valence-electron chi connectivity index (χ4n) is 4.69. The summed E-state index contributed by atoms with van der Waals surface area (Å²) in [6.45, 7) is 4.16. The maximum absolute atomic E-state index is 13.9. The molecule has 4 rings (SSSR count). The Balaban J connectivity index is 1.54. The number of carbonyl (C=O) groups excluding carboxylic acids is 2. The van der Waals surface area contributed by atoms with Crippen LogP contribution >= 0.6 is 0 Å². The second-order valence-electron chi connectivity index (χ2n) is 7.97. The van der Waals surface area contributed by atoms with Crippen LogP contribution in [0.1, 0.15) is 31.7 Å². The summed E-state index contributed by atoms with van der Waals surface area (Å²) in [6, 6.07) is 6.23. The van der Waals surface area contributed by atoms with Gasteiger partial charge in [-0.2, -0.15) is 0 Å². The number of nitrogens with zero attached hydrogens (tertiary/aromatic N) is 3. The van der Waals surface area contributed by atoms with E-state index in [0.717, 1.165) is 12.8 Å². The van der Waals surface area contributed by atoms with Crippen LogP contribution in [-0.2, 0) is 16.1 Å². The molecule has 2 atom stereocenters. The predicted octanol–water partition coefficient (Wildman–Crippen LogP) is 0.984. The van der Waals surface area contributed by atoms with Crippen LogP contribution in [0.25, 0.3) is 0 Å². The predicted molar refractivity (Wildman–Crippen MR) is 97.2 cm³/mol. The molecule has 7 heteroatoms. The molecule has 1 aromatic rings. The number of halogens is 1. The molecule has 1 N–H and O–H groups in total. The van der Waals surface area contributed by atoms with Crippen molar-refractivity contribution < 1.29 is 19.1 Å². The van der Waals surface area contributed by atoms with Gasteiger partial charge < -0.3 is 5.11 Å². The Kier molecular flexibility index (Phi) is 4.78. The van der Waals surface area contributed by atoms with Gasteiger partial charge in [-0.1, -0.05) is 31.5 Å². The molecule has 0 bridgehead atoms. The molecule has 0 radical (unpaired) electrons. The molecule has 6 nitrogen and oxygen atoms in total. The summed E-state index contributed by atoms with van der Waals surface area (Å²) in [5.41, 5.74) is -0.165. The van der Waals surface area contributed by atoms with Gasteiger partial charge in [-0.05, 0) is 18.9 Å². The zero-order valence-corrected chi connectivity index (χ0v) is 15.6. The highest BCUT2D eigenvalue weighted by molar-refractivity contribution is 6.06. The molecule has 3 fully saturated rings. The van der Waals surface area contributed by atoms with Gasteiger partial charge >= 0.3 is 0 Å². The van der Waals surface area contributed by atoms with Gasteiger partial charge in [-0.3, -0.25) is 24.3 Å². The summed E-state index contributed by atoms with van der Waals surface area (Å²) in [5, 5.41) is 10.1. The average molecular weight is 375 g/mol. The van der Waals surface area contributed by atoms with E-state index in [1.165, 1.54) is 11.0 Å². The lowest BCUT2D eigenvalue weighted by atomic mass is 9.82. The Hall–Kier alpha value is -1.83. The van der Waals surface area contributed by atoms with Gasteiger partial charge in [0.05, 0.1) is 12.1 Å². The van der Waals surface area contributed by atoms with Crippen molar-refractivity contribution in [2.24, 2.45) is 0 Å². The lowest BCUT2D eigenvalue weighted by Crippen LogP contribution is -2.81. The van der Waals surface area contributed by atoms with Crippen molar-refractivity contribution in [3.63, 3.8) is 0 Å². The van der Waals surface area contributed by atoms with Crippen LogP contribution in [0.5, 0.6) is 0 Å². The third kappa shape index (κ3) is 2.98. The number of likely N-dealkylation sites (tertiary alicyclic amines) is 1. The maximum Gasteiger partial charge on any atom is 0.252 e. The van der Waals surface area contributed by atoms with E-state index in [1.54, 1.807) is 18.2 Å². The molecule has 3 saturated heterocycles. The van der Waals surface area contributed by atoms with E-state index < -0.39 is 17.7 Å². The highest BCUT2D eigenvalue weighted by Crippen LogP contribution is 2.41. The summed E-state index contributed by atoms with van der Waals surface area (Å²) >= 11 is 0. The number of aliphatic hydroxyl groups excluding tert-OH is 1. The lowest BCUT2D eigenvalue weighted by Gasteiger charge is -2.58. The number of hydrogen-bond acceptors (Lipinski definition) is 5. The second kappa shape index (κ2) is 6.96. The van der Waals surface area contributed by atoms with E-state index in [4.69, 9.17) is 0 Å². The standard InChI is InChI=1S/C20H26FN3O3/c1-2-3-8-23-18(26)17-9-15(25)11-24(17)20(19(23)27)12-22(13-20)10-14-6-4-5-7-16(14)21/h4-7,15,17,25H,2-3,8-13H2,1H3. The number of amides is 2. The van der Waals surface area contributed by atoms with Crippen molar-refractivity contribution >= 4 is 11.8 Å². The summed E-state index contributed by atoms with van der Waals surface area (Å²) < 4.78 is 13.9. The molecule has 0 aromatic heterocycles. The van der Waals surface area contributed by atoms with Crippen LogP contribution < -0.4 is 0 Å². The van der Waals surface area contributed by atoms with Crippen LogP contribution in [-0.4, -0.2) is 75.5 Å². The Morgan fingerprint density at radius 2 is 2.00 bits per heavy atom. The number of β-amino-alcohol motifs (C(OH)–C–C–N with tert-alkyl or cyclic N) is 1. The summed E-state index contributed by atoms with van der Waals surface area (Å²) in [7, 11) is 0. The Morgan fingerprint density at radius 3 is 2.70 bits per heavy atom. The molecule has 0 aliphatic carbocycles. The first-order valence-electron chi connectivity index (χ1n) is 9.72. The van der Waals surface area contributed by atoms with Gasteiger partial charge in [0, 0.05) is 38.3 Å². The smallest absolute Gasteiger partial charge is 0.252 e. The number of unbranched alkanes of at least 4 members (excludes halogenated alkanes) is 1. The number of fused-ring (bicyclic) bond motifs is 2. The molecule has 27 heavy (non-hydrogen) atoms. The second-order valence-corrected chi connectivity index (χ2v) is 7.97. The summed E-state index contributed by atoms with van der Waals surface area (Å²) in [4.78, 5) is 31.4. The van der Waals surface area contributed by atoms with Gasteiger partial charge in [0.25, 0.3) is 5.91 Å². The minimum absolute atomic E-state index is 0.156. The number of hydrogen-bond donors (Lipinski definition) is 1. The van der Waals surface area contributed by atoms with Crippen molar-refractivity contribution in [3.05, 3.63) is 35.6 Å². The number of aliphatic hydroxyl groups is 1. The largest absolute Gasteiger partial charge is 0.392 e. The van der Waals surface area contributed by atoms with Crippen LogP contribution in [0.15, 0.2) is 24.3 Å². The number of piperazine rings is 1. The molecule has 146 valence electrons. The summed E-state index contributed by atoms with van der Waals surface area (Å²) in [6.07, 6.45) is 1.47. The highest BCUT2D eigenvalue weighted by atomic mass is 19.1. The van der Waals surface area contributed by atoms with Gasteiger partial charge in [-0.25, -0.2) is 4.39 Å². The number of carbonyl (C=O) groups is 2. The molecular weight excluding hydrogens is 349 g/mol. The Labute approximate surface area is 158 Å². The van der Waals surface area contributed by atoms with E-state index in [9.17, 15) is 19.1 Å². The first-order valence-corrected chi connectivity index (χ1v) is 9.72. The quantitative estimate of drug-likeness (QED) is 0.778. The van der Waals surface area contributed by atoms with Crippen LogP contribution in [0.2, 0.25) is 0 Å². The highest BCUT2D eigenvalue weighted by Gasteiger charge is 2.63. The number of benzene rings is 1. The van der Waals surface area contributed by atoms with Crippen molar-refractivity contribution in [1.82, 2.24) is 14.7 Å². The lowest BCUT2D eigenvalue weighted by molar-refractivity contribution is -0.180. The first kappa shape index (κ1) is 18.5. The van der Waals surface area contributed by atoms with Crippen LogP contribution in [0.3, 0.4) is 0 Å². The van der Waals surface area contributed by atoms with E-state index in [0.29, 0.717) is 44.7 Å². The van der Waals surface area contributed by atoms with Crippen LogP contribution in [0.4, 0.5) is 4.39 Å². The van der Waals surface area contributed by atoms with E-state index in [2.05, 4.69) is 0 Å². The fraction of sp³-hybridized carbons (Fsp3) is 0.600. The SMILES string of the molecule is CCCCN1C(=O)C2CC(O)CN2C2(CN(Cc3ccccc3F)C2)C1=O. The Bertz CT molecular complexity index is 750.